The average molecular weight is 287 g/mol. The van der Waals surface area contributed by atoms with Crippen LogP contribution in [-0.4, -0.2) is 17.0 Å². The van der Waals surface area contributed by atoms with Gasteiger partial charge < -0.3 is 10.1 Å². The summed E-state index contributed by atoms with van der Waals surface area (Å²) < 4.78 is 5.07. The second kappa shape index (κ2) is 6.21. The zero-order valence-electron chi connectivity index (χ0n) is 12.2. The minimum atomic E-state index is -0.371. The van der Waals surface area contributed by atoms with Gasteiger partial charge in [0.05, 0.1) is 24.3 Å². The summed E-state index contributed by atoms with van der Waals surface area (Å²) >= 11 is 0. The smallest absolute Gasteiger partial charge is 0.274 e. The first-order chi connectivity index (χ1) is 10.0. The van der Waals surface area contributed by atoms with Crippen LogP contribution < -0.4 is 10.1 Å². The summed E-state index contributed by atoms with van der Waals surface area (Å²) in [5, 5.41) is 14.2. The summed E-state index contributed by atoms with van der Waals surface area (Å²) in [5.41, 5.74) is 3.26. The molecule has 0 spiro atoms. The number of pyridine rings is 1. The lowest BCUT2D eigenvalue weighted by Crippen LogP contribution is -2.05. The number of nitro benzene ring substituents is 1. The first-order valence-electron chi connectivity index (χ1n) is 6.50. The highest BCUT2D eigenvalue weighted by Gasteiger charge is 2.13. The van der Waals surface area contributed by atoms with Crippen LogP contribution in [0.3, 0.4) is 0 Å². The van der Waals surface area contributed by atoms with Gasteiger partial charge in [-0.1, -0.05) is 6.07 Å². The molecule has 0 radical (unpaired) electrons. The number of nitrogens with zero attached hydrogens (tertiary/aromatic N) is 2. The van der Waals surface area contributed by atoms with E-state index in [1.165, 1.54) is 0 Å². The summed E-state index contributed by atoms with van der Waals surface area (Å²) in [6, 6.07) is 8.86. The number of anilines is 1. The number of ether oxygens (including phenoxy) is 1. The van der Waals surface area contributed by atoms with Gasteiger partial charge in [0, 0.05) is 23.4 Å². The van der Waals surface area contributed by atoms with Crippen LogP contribution in [0.2, 0.25) is 0 Å². The first kappa shape index (κ1) is 14.8. The van der Waals surface area contributed by atoms with Crippen molar-refractivity contribution < 1.29 is 9.66 Å². The van der Waals surface area contributed by atoms with Crippen molar-refractivity contribution in [1.29, 1.82) is 0 Å². The third-order valence-corrected chi connectivity index (χ3v) is 3.19. The number of nitrogens with one attached hydrogen (secondary N) is 1. The summed E-state index contributed by atoms with van der Waals surface area (Å²) in [6.07, 6.45) is 0. The van der Waals surface area contributed by atoms with Crippen molar-refractivity contribution in [3.63, 3.8) is 0 Å². The van der Waals surface area contributed by atoms with E-state index < -0.39 is 0 Å². The van der Waals surface area contributed by atoms with Crippen LogP contribution in [0.5, 0.6) is 5.88 Å². The Bertz CT molecular complexity index is 671. The number of aryl methyl sites for hydroxylation is 2. The Morgan fingerprint density at radius 3 is 2.71 bits per heavy atom. The first-order valence-corrected chi connectivity index (χ1v) is 6.50. The van der Waals surface area contributed by atoms with Gasteiger partial charge in [-0.15, -0.1) is 0 Å². The predicted octanol–water partition coefficient (Wildman–Crippen LogP) is 3.23. The fourth-order valence-corrected chi connectivity index (χ4v) is 2.08. The number of benzene rings is 1. The minimum absolute atomic E-state index is 0.113. The molecule has 0 aliphatic rings. The highest BCUT2D eigenvalue weighted by atomic mass is 16.6. The maximum absolute atomic E-state index is 11.0. The van der Waals surface area contributed by atoms with E-state index in [0.717, 1.165) is 16.9 Å². The van der Waals surface area contributed by atoms with E-state index in [-0.39, 0.29) is 10.6 Å². The summed E-state index contributed by atoms with van der Waals surface area (Å²) in [4.78, 5) is 14.9. The molecular formula is C15H17N3O3. The lowest BCUT2D eigenvalue weighted by atomic mass is 10.1. The van der Waals surface area contributed by atoms with Crippen molar-refractivity contribution in [3.8, 4) is 5.88 Å². The van der Waals surface area contributed by atoms with Crippen LogP contribution in [0.25, 0.3) is 0 Å². The fourth-order valence-electron chi connectivity index (χ4n) is 2.08. The number of hydrogen-bond donors (Lipinski definition) is 1. The molecule has 0 aliphatic heterocycles. The van der Waals surface area contributed by atoms with E-state index in [9.17, 15) is 10.1 Å². The van der Waals surface area contributed by atoms with Gasteiger partial charge in [-0.3, -0.25) is 10.1 Å². The SMILES string of the molecule is COc1cccc(CNc2cc([N+](=O)[O-])c(C)cc2C)n1. The molecule has 1 aromatic carbocycles. The van der Waals surface area contributed by atoms with Gasteiger partial charge in [0.1, 0.15) is 0 Å². The maximum atomic E-state index is 11.0. The van der Waals surface area contributed by atoms with Gasteiger partial charge in [0.2, 0.25) is 5.88 Å². The minimum Gasteiger partial charge on any atom is -0.481 e. The monoisotopic (exact) mass is 287 g/mol. The van der Waals surface area contributed by atoms with Gasteiger partial charge in [0.25, 0.3) is 5.69 Å². The molecule has 0 amide bonds. The normalized spacial score (nSPS) is 10.2. The molecule has 1 aromatic heterocycles. The van der Waals surface area contributed by atoms with E-state index in [4.69, 9.17) is 4.74 Å². The third-order valence-electron chi connectivity index (χ3n) is 3.19. The Kier molecular flexibility index (Phi) is 4.37. The van der Waals surface area contributed by atoms with Crippen LogP contribution in [0.4, 0.5) is 11.4 Å². The standard InChI is InChI=1S/C15H17N3O3/c1-10-7-11(2)14(18(19)20)8-13(10)16-9-12-5-4-6-15(17-12)21-3/h4-8,16H,9H2,1-3H3. The quantitative estimate of drug-likeness (QED) is 0.674. The molecule has 21 heavy (non-hydrogen) atoms. The largest absolute Gasteiger partial charge is 0.481 e. The fraction of sp³-hybridized carbons (Fsp3) is 0.267. The lowest BCUT2D eigenvalue weighted by Gasteiger charge is -2.11. The number of nitro groups is 1. The second-order valence-corrected chi connectivity index (χ2v) is 4.74. The molecular weight excluding hydrogens is 270 g/mol. The summed E-state index contributed by atoms with van der Waals surface area (Å²) in [5.74, 6) is 0.543. The van der Waals surface area contributed by atoms with Crippen molar-refractivity contribution in [2.24, 2.45) is 0 Å². The van der Waals surface area contributed by atoms with E-state index in [2.05, 4.69) is 10.3 Å². The molecule has 1 heterocycles. The van der Waals surface area contributed by atoms with Crippen LogP contribution >= 0.6 is 0 Å². The van der Waals surface area contributed by atoms with E-state index in [1.54, 1.807) is 32.2 Å². The van der Waals surface area contributed by atoms with E-state index >= 15 is 0 Å². The van der Waals surface area contributed by atoms with Crippen molar-refractivity contribution in [2.75, 3.05) is 12.4 Å². The van der Waals surface area contributed by atoms with Crippen molar-refractivity contribution in [3.05, 3.63) is 57.3 Å². The van der Waals surface area contributed by atoms with Crippen LogP contribution in [0.1, 0.15) is 16.8 Å². The molecule has 0 atom stereocenters. The van der Waals surface area contributed by atoms with Gasteiger partial charge in [-0.25, -0.2) is 4.98 Å². The van der Waals surface area contributed by atoms with Crippen LogP contribution in [-0.2, 0) is 6.54 Å². The topological polar surface area (TPSA) is 77.3 Å². The Labute approximate surface area is 122 Å². The maximum Gasteiger partial charge on any atom is 0.274 e. The number of rotatable bonds is 5. The van der Waals surface area contributed by atoms with E-state index in [0.29, 0.717) is 18.0 Å². The molecule has 1 N–H and O–H groups in total. The second-order valence-electron chi connectivity index (χ2n) is 4.74. The number of aromatic nitrogens is 1. The molecule has 0 unspecified atom stereocenters. The van der Waals surface area contributed by atoms with Gasteiger partial charge >= 0.3 is 0 Å². The highest BCUT2D eigenvalue weighted by molar-refractivity contribution is 5.60. The Morgan fingerprint density at radius 1 is 1.29 bits per heavy atom. The van der Waals surface area contributed by atoms with Crippen molar-refractivity contribution >= 4 is 11.4 Å². The Balaban J connectivity index is 2.19. The van der Waals surface area contributed by atoms with Crippen molar-refractivity contribution in [2.45, 2.75) is 20.4 Å². The Hall–Kier alpha value is -2.63. The van der Waals surface area contributed by atoms with Gasteiger partial charge in [-0.2, -0.15) is 0 Å². The molecule has 0 aliphatic carbocycles. The third kappa shape index (κ3) is 3.47. The number of methoxy groups -OCH3 is 1. The molecule has 0 saturated heterocycles. The average Bonchev–Trinajstić information content (AvgIpc) is 2.46. The molecule has 110 valence electrons. The van der Waals surface area contributed by atoms with Crippen molar-refractivity contribution in [1.82, 2.24) is 4.98 Å². The lowest BCUT2D eigenvalue weighted by molar-refractivity contribution is -0.385. The van der Waals surface area contributed by atoms with Crippen LogP contribution in [0.15, 0.2) is 30.3 Å². The number of hydrogen-bond acceptors (Lipinski definition) is 5. The molecule has 6 heteroatoms. The Morgan fingerprint density at radius 2 is 2.05 bits per heavy atom. The molecule has 0 fully saturated rings. The molecule has 2 aromatic rings. The molecule has 2 rings (SSSR count). The summed E-state index contributed by atoms with van der Waals surface area (Å²) in [7, 11) is 1.56. The molecule has 6 nitrogen and oxygen atoms in total. The van der Waals surface area contributed by atoms with Crippen LogP contribution in [0, 0.1) is 24.0 Å². The summed E-state index contributed by atoms with van der Waals surface area (Å²) in [6.45, 7) is 4.12. The molecule has 0 bridgehead atoms. The van der Waals surface area contributed by atoms with E-state index in [1.807, 2.05) is 19.1 Å². The van der Waals surface area contributed by atoms with Gasteiger partial charge in [0.15, 0.2) is 0 Å². The molecule has 0 saturated carbocycles. The zero-order chi connectivity index (χ0) is 15.4. The predicted molar refractivity (Wildman–Crippen MR) is 80.7 cm³/mol. The van der Waals surface area contributed by atoms with Gasteiger partial charge in [-0.05, 0) is 31.5 Å². The zero-order valence-corrected chi connectivity index (χ0v) is 12.2. The highest BCUT2D eigenvalue weighted by Crippen LogP contribution is 2.26.